The molecule has 4 N–H and O–H groups in total. The minimum Gasteiger partial charge on any atom is -0.378 e. The molecule has 0 amide bonds. The predicted molar refractivity (Wildman–Crippen MR) is 88.5 cm³/mol. The number of hydrogen-bond acceptors (Lipinski definition) is 8. The van der Waals surface area contributed by atoms with E-state index in [1.165, 1.54) is 0 Å². The van der Waals surface area contributed by atoms with E-state index in [-0.39, 0.29) is 23.4 Å². The second kappa shape index (κ2) is 7.91. The molecule has 1 aliphatic heterocycles. The first kappa shape index (κ1) is 17.2. The fourth-order valence-corrected chi connectivity index (χ4v) is 2.34. The van der Waals surface area contributed by atoms with Crippen LogP contribution in [-0.2, 0) is 4.74 Å². The molecule has 0 spiro atoms. The lowest BCUT2D eigenvalue weighted by molar-refractivity contribution is -0.383. The Balaban J connectivity index is 2.10. The molecule has 0 aliphatic carbocycles. The van der Waals surface area contributed by atoms with Crippen LogP contribution < -0.4 is 16.4 Å². The number of nitrogen functional groups attached to an aromatic ring is 1. The van der Waals surface area contributed by atoms with Gasteiger partial charge in [0.15, 0.2) is 0 Å². The largest absolute Gasteiger partial charge is 0.378 e. The summed E-state index contributed by atoms with van der Waals surface area (Å²) >= 11 is 0. The van der Waals surface area contributed by atoms with Gasteiger partial charge in [-0.05, 0) is 25.2 Å². The van der Waals surface area contributed by atoms with Crippen LogP contribution in [0.25, 0.3) is 0 Å². The summed E-state index contributed by atoms with van der Waals surface area (Å²) in [4.78, 5) is 18.8. The summed E-state index contributed by atoms with van der Waals surface area (Å²) < 4.78 is 5.50. The number of rotatable bonds is 8. The Morgan fingerprint density at radius 1 is 1.43 bits per heavy atom. The molecule has 0 aromatic carbocycles. The van der Waals surface area contributed by atoms with Crippen LogP contribution in [0.5, 0.6) is 0 Å². The molecule has 2 rings (SSSR count). The van der Waals surface area contributed by atoms with Gasteiger partial charge in [-0.25, -0.2) is 0 Å². The van der Waals surface area contributed by atoms with Crippen molar-refractivity contribution >= 4 is 23.3 Å². The van der Waals surface area contributed by atoms with Crippen LogP contribution in [0, 0.1) is 16.0 Å². The van der Waals surface area contributed by atoms with Crippen molar-refractivity contribution in [1.82, 2.24) is 9.97 Å². The number of hydrogen-bond donors (Lipinski definition) is 3. The molecule has 9 heteroatoms. The lowest BCUT2D eigenvalue weighted by atomic mass is 10.1. The van der Waals surface area contributed by atoms with Crippen LogP contribution in [0.15, 0.2) is 0 Å². The van der Waals surface area contributed by atoms with E-state index >= 15 is 0 Å². The van der Waals surface area contributed by atoms with E-state index in [4.69, 9.17) is 10.5 Å². The van der Waals surface area contributed by atoms with Gasteiger partial charge in [0.1, 0.15) is 0 Å². The number of nitrogens with zero attached hydrogens (tertiary/aromatic N) is 3. The van der Waals surface area contributed by atoms with Crippen LogP contribution in [0.4, 0.5) is 23.3 Å². The molecule has 0 bridgehead atoms. The molecular weight excluding hydrogens is 300 g/mol. The third-order valence-corrected chi connectivity index (χ3v) is 3.62. The second-order valence-corrected chi connectivity index (χ2v) is 6.01. The van der Waals surface area contributed by atoms with Crippen molar-refractivity contribution < 1.29 is 9.66 Å². The number of nitrogens with one attached hydrogen (secondary N) is 2. The van der Waals surface area contributed by atoms with Crippen LogP contribution >= 0.6 is 0 Å². The zero-order valence-electron chi connectivity index (χ0n) is 13.5. The lowest BCUT2D eigenvalue weighted by Crippen LogP contribution is -2.21. The van der Waals surface area contributed by atoms with E-state index in [0.29, 0.717) is 25.0 Å². The van der Waals surface area contributed by atoms with E-state index in [2.05, 4.69) is 34.4 Å². The van der Waals surface area contributed by atoms with Gasteiger partial charge in [-0.2, -0.15) is 9.97 Å². The number of aromatic nitrogens is 2. The van der Waals surface area contributed by atoms with E-state index in [1.807, 2.05) is 0 Å². The Bertz CT molecular complexity index is 546. The molecule has 1 atom stereocenters. The molecule has 0 unspecified atom stereocenters. The first-order valence-electron chi connectivity index (χ1n) is 7.88. The lowest BCUT2D eigenvalue weighted by Gasteiger charge is -2.13. The molecule has 1 saturated heterocycles. The van der Waals surface area contributed by atoms with Crippen molar-refractivity contribution in [3.8, 4) is 0 Å². The third-order valence-electron chi connectivity index (χ3n) is 3.62. The molecule has 2 heterocycles. The van der Waals surface area contributed by atoms with E-state index in [0.717, 1.165) is 25.9 Å². The molecule has 1 fully saturated rings. The van der Waals surface area contributed by atoms with Gasteiger partial charge in [-0.15, -0.1) is 0 Å². The summed E-state index contributed by atoms with van der Waals surface area (Å²) in [5, 5.41) is 17.2. The minimum absolute atomic E-state index is 0.0446. The fourth-order valence-electron chi connectivity index (χ4n) is 2.34. The van der Waals surface area contributed by atoms with Crippen molar-refractivity contribution in [2.45, 2.75) is 39.2 Å². The highest BCUT2D eigenvalue weighted by molar-refractivity contribution is 5.69. The predicted octanol–water partition coefficient (Wildman–Crippen LogP) is 2.02. The molecule has 1 aliphatic rings. The van der Waals surface area contributed by atoms with Crippen molar-refractivity contribution in [1.29, 1.82) is 0 Å². The van der Waals surface area contributed by atoms with Crippen LogP contribution in [0.2, 0.25) is 0 Å². The zero-order valence-corrected chi connectivity index (χ0v) is 13.5. The molecule has 9 nitrogen and oxygen atoms in total. The number of nitrogens with two attached hydrogens (primary N) is 1. The summed E-state index contributed by atoms with van der Waals surface area (Å²) in [5.74, 6) is 0.815. The summed E-state index contributed by atoms with van der Waals surface area (Å²) in [7, 11) is 0. The number of anilines is 3. The van der Waals surface area contributed by atoms with E-state index in [1.54, 1.807) is 0 Å². The molecule has 0 saturated carbocycles. The van der Waals surface area contributed by atoms with Crippen molar-refractivity contribution in [2.24, 2.45) is 5.92 Å². The van der Waals surface area contributed by atoms with Gasteiger partial charge >= 0.3 is 5.69 Å². The molecule has 128 valence electrons. The van der Waals surface area contributed by atoms with E-state index in [9.17, 15) is 10.1 Å². The van der Waals surface area contributed by atoms with Gasteiger partial charge in [0.25, 0.3) is 0 Å². The Morgan fingerprint density at radius 3 is 2.83 bits per heavy atom. The monoisotopic (exact) mass is 324 g/mol. The van der Waals surface area contributed by atoms with Crippen LogP contribution in [-0.4, -0.2) is 40.7 Å². The Morgan fingerprint density at radius 2 is 2.22 bits per heavy atom. The Labute approximate surface area is 135 Å². The maximum Gasteiger partial charge on any atom is 0.353 e. The summed E-state index contributed by atoms with van der Waals surface area (Å²) in [6, 6.07) is 0. The zero-order chi connectivity index (χ0) is 16.8. The molecular formula is C14H24N6O3. The van der Waals surface area contributed by atoms with Crippen LogP contribution in [0.1, 0.15) is 33.1 Å². The highest BCUT2D eigenvalue weighted by atomic mass is 16.6. The van der Waals surface area contributed by atoms with Gasteiger partial charge in [-0.1, -0.05) is 13.8 Å². The maximum atomic E-state index is 11.2. The normalized spacial score (nSPS) is 17.4. The topological polar surface area (TPSA) is 128 Å². The van der Waals surface area contributed by atoms with Gasteiger partial charge in [0.05, 0.1) is 11.0 Å². The smallest absolute Gasteiger partial charge is 0.353 e. The number of ether oxygens (including phenoxy) is 1. The summed E-state index contributed by atoms with van der Waals surface area (Å²) in [6.07, 6.45) is 2.92. The first-order valence-corrected chi connectivity index (χ1v) is 7.88. The minimum atomic E-state index is -0.564. The molecule has 1 aromatic rings. The third kappa shape index (κ3) is 4.92. The van der Waals surface area contributed by atoms with Gasteiger partial charge in [-0.3, -0.25) is 10.1 Å². The van der Waals surface area contributed by atoms with Gasteiger partial charge in [0, 0.05) is 19.7 Å². The Hall–Kier alpha value is -2.16. The molecule has 23 heavy (non-hydrogen) atoms. The van der Waals surface area contributed by atoms with Crippen molar-refractivity contribution in [3.05, 3.63) is 10.1 Å². The van der Waals surface area contributed by atoms with E-state index < -0.39 is 4.92 Å². The SMILES string of the molecule is CC(C)CCNc1nc(N)c([N+](=O)[O-])c(NC[C@@H]2CCCO2)n1. The quantitative estimate of drug-likeness (QED) is 0.489. The highest BCUT2D eigenvalue weighted by Gasteiger charge is 2.24. The first-order chi connectivity index (χ1) is 11.0. The number of nitro groups is 1. The highest BCUT2D eigenvalue weighted by Crippen LogP contribution is 2.29. The van der Waals surface area contributed by atoms with Gasteiger partial charge in [0.2, 0.25) is 17.6 Å². The summed E-state index contributed by atoms with van der Waals surface area (Å²) in [5.41, 5.74) is 5.44. The van der Waals surface area contributed by atoms with Gasteiger partial charge < -0.3 is 21.1 Å². The van der Waals surface area contributed by atoms with Crippen molar-refractivity contribution in [3.63, 3.8) is 0 Å². The fraction of sp³-hybridized carbons (Fsp3) is 0.714. The second-order valence-electron chi connectivity index (χ2n) is 6.01. The average Bonchev–Trinajstić information content (AvgIpc) is 2.97. The molecule has 1 aromatic heterocycles. The van der Waals surface area contributed by atoms with Crippen molar-refractivity contribution in [2.75, 3.05) is 36.1 Å². The van der Waals surface area contributed by atoms with Crippen LogP contribution in [0.3, 0.4) is 0 Å². The maximum absolute atomic E-state index is 11.2. The molecule has 0 radical (unpaired) electrons. The standard InChI is InChI=1S/C14H24N6O3/c1-9(2)5-6-16-14-18-12(15)11(20(21)22)13(19-14)17-8-10-4-3-7-23-10/h9-10H,3-8H2,1-2H3,(H4,15,16,17,18,19)/t10-/m0/s1. The average molecular weight is 324 g/mol. The summed E-state index contributed by atoms with van der Waals surface area (Å²) in [6.45, 7) is 6.09. The Kier molecular flexibility index (Phi) is 5.91.